The summed E-state index contributed by atoms with van der Waals surface area (Å²) in [6, 6.07) is 8.21. The summed E-state index contributed by atoms with van der Waals surface area (Å²) < 4.78 is 19.6. The van der Waals surface area contributed by atoms with Gasteiger partial charge in [-0.25, -0.2) is 0 Å². The van der Waals surface area contributed by atoms with Gasteiger partial charge in [-0.15, -0.1) is 0 Å². The molecule has 0 aliphatic heterocycles. The van der Waals surface area contributed by atoms with E-state index in [4.69, 9.17) is 13.3 Å². The van der Waals surface area contributed by atoms with Crippen LogP contribution in [-0.4, -0.2) is 25.6 Å². The third-order valence-corrected chi connectivity index (χ3v) is 6.66. The van der Waals surface area contributed by atoms with Crippen LogP contribution in [0.2, 0.25) is 0 Å². The number of hydrogen-bond donors (Lipinski definition) is 0. The monoisotopic (exact) mass is 338 g/mol. The van der Waals surface area contributed by atoms with Crippen LogP contribution in [0.15, 0.2) is 24.3 Å². The van der Waals surface area contributed by atoms with Crippen LogP contribution in [0.3, 0.4) is 0 Å². The molecule has 0 aliphatic rings. The number of benzene rings is 1. The molecule has 1 aromatic rings. The molecule has 1 aromatic carbocycles. The van der Waals surface area contributed by atoms with Crippen molar-refractivity contribution in [2.75, 3.05) is 0 Å². The van der Waals surface area contributed by atoms with Gasteiger partial charge in [0.1, 0.15) is 0 Å². The largest absolute Gasteiger partial charge is 0.538 e. The number of rotatable bonds is 4. The molecule has 0 amide bonds. The molecule has 0 aromatic heterocycles. The minimum Gasteiger partial charge on any atom is -0.365 e. The van der Waals surface area contributed by atoms with Crippen molar-refractivity contribution in [3.63, 3.8) is 0 Å². The van der Waals surface area contributed by atoms with Crippen molar-refractivity contribution in [2.45, 2.75) is 86.0 Å². The van der Waals surface area contributed by atoms with Gasteiger partial charge in [0, 0.05) is 5.19 Å². The smallest absolute Gasteiger partial charge is 0.365 e. The van der Waals surface area contributed by atoms with Crippen LogP contribution in [0.25, 0.3) is 0 Å². The average Bonchev–Trinajstić information content (AvgIpc) is 2.21. The quantitative estimate of drug-likeness (QED) is 0.752. The normalized spacial score (nSPS) is 14.2. The molecule has 0 atom stereocenters. The van der Waals surface area contributed by atoms with E-state index in [2.05, 4.69) is 19.1 Å². The molecule has 0 radical (unpaired) electrons. The van der Waals surface area contributed by atoms with Crippen LogP contribution < -0.4 is 5.19 Å². The standard InChI is InChI=1S/C19H34O3Si/c1-15-13-11-12-14-16(15)23(20-17(2,3)4,21-18(5,6)7)22-19(8,9)10/h11-14H,1-10H3. The van der Waals surface area contributed by atoms with E-state index in [0.717, 1.165) is 10.8 Å². The van der Waals surface area contributed by atoms with Crippen LogP contribution >= 0.6 is 0 Å². The van der Waals surface area contributed by atoms with E-state index in [1.54, 1.807) is 0 Å². The summed E-state index contributed by atoms with van der Waals surface area (Å²) >= 11 is 0. The van der Waals surface area contributed by atoms with Crippen molar-refractivity contribution < 1.29 is 13.3 Å². The van der Waals surface area contributed by atoms with Gasteiger partial charge in [0.05, 0.1) is 16.8 Å². The fourth-order valence-corrected chi connectivity index (χ4v) is 6.09. The van der Waals surface area contributed by atoms with Crippen LogP contribution in [0.5, 0.6) is 0 Å². The molecule has 3 nitrogen and oxygen atoms in total. The maximum absolute atomic E-state index is 6.54. The van der Waals surface area contributed by atoms with Crippen LogP contribution in [0.1, 0.15) is 67.9 Å². The van der Waals surface area contributed by atoms with Gasteiger partial charge in [0.15, 0.2) is 0 Å². The predicted molar refractivity (Wildman–Crippen MR) is 99.1 cm³/mol. The molecule has 0 bridgehead atoms. The van der Waals surface area contributed by atoms with Crippen LogP contribution in [0.4, 0.5) is 0 Å². The first-order chi connectivity index (χ1) is 10.1. The summed E-state index contributed by atoms with van der Waals surface area (Å²) in [4.78, 5) is 0. The Morgan fingerprint density at radius 3 is 1.30 bits per heavy atom. The minimum atomic E-state index is -3.12. The summed E-state index contributed by atoms with van der Waals surface area (Å²) in [5.41, 5.74) is 0.0259. The molecule has 0 spiro atoms. The van der Waals surface area contributed by atoms with Gasteiger partial charge >= 0.3 is 8.80 Å². The van der Waals surface area contributed by atoms with Gasteiger partial charge in [-0.2, -0.15) is 0 Å². The molecule has 0 fully saturated rings. The van der Waals surface area contributed by atoms with Crippen molar-refractivity contribution >= 4 is 14.0 Å². The van der Waals surface area contributed by atoms with Crippen LogP contribution in [-0.2, 0) is 13.3 Å². The highest BCUT2D eigenvalue weighted by atomic mass is 28.4. The first-order valence-corrected chi connectivity index (χ1v) is 10.0. The molecule has 23 heavy (non-hydrogen) atoms. The first-order valence-electron chi connectivity index (χ1n) is 8.30. The Kier molecular flexibility index (Phi) is 5.91. The maximum Gasteiger partial charge on any atom is 0.538 e. The van der Waals surface area contributed by atoms with Gasteiger partial charge < -0.3 is 13.3 Å². The molecule has 4 heteroatoms. The number of hydrogen-bond acceptors (Lipinski definition) is 3. The summed E-state index contributed by atoms with van der Waals surface area (Å²) in [6.45, 7) is 20.5. The van der Waals surface area contributed by atoms with Crippen molar-refractivity contribution in [2.24, 2.45) is 0 Å². The molecule has 0 saturated carbocycles. The highest BCUT2D eigenvalue weighted by Gasteiger charge is 2.52. The molecule has 0 saturated heterocycles. The second kappa shape index (κ2) is 6.67. The highest BCUT2D eigenvalue weighted by molar-refractivity contribution is 6.76. The molecular weight excluding hydrogens is 304 g/mol. The van der Waals surface area contributed by atoms with Crippen molar-refractivity contribution in [1.82, 2.24) is 0 Å². The molecular formula is C19H34O3Si. The van der Waals surface area contributed by atoms with E-state index in [1.807, 2.05) is 74.4 Å². The molecule has 0 unspecified atom stereocenters. The van der Waals surface area contributed by atoms with E-state index in [-0.39, 0.29) is 16.8 Å². The SMILES string of the molecule is Cc1ccccc1[Si](OC(C)(C)C)(OC(C)(C)C)OC(C)(C)C. The lowest BCUT2D eigenvalue weighted by Gasteiger charge is -2.43. The lowest BCUT2D eigenvalue weighted by Crippen LogP contribution is -2.65. The lowest BCUT2D eigenvalue weighted by atomic mass is 10.2. The fraction of sp³-hybridized carbons (Fsp3) is 0.684. The Balaban J connectivity index is 3.54. The number of aryl methyl sites for hydroxylation is 1. The van der Waals surface area contributed by atoms with Gasteiger partial charge in [-0.3, -0.25) is 0 Å². The summed E-state index contributed by atoms with van der Waals surface area (Å²) in [5.74, 6) is 0. The maximum atomic E-state index is 6.54. The average molecular weight is 339 g/mol. The van der Waals surface area contributed by atoms with Crippen LogP contribution in [0, 0.1) is 6.92 Å². The predicted octanol–water partition coefficient (Wildman–Crippen LogP) is 4.59. The van der Waals surface area contributed by atoms with Gasteiger partial charge in [0.25, 0.3) is 0 Å². The second-order valence-electron chi connectivity index (χ2n) is 9.01. The van der Waals surface area contributed by atoms with E-state index >= 15 is 0 Å². The van der Waals surface area contributed by atoms with Gasteiger partial charge in [-0.1, -0.05) is 24.3 Å². The summed E-state index contributed by atoms with van der Waals surface area (Å²) in [7, 11) is -3.12. The molecule has 132 valence electrons. The highest BCUT2D eigenvalue weighted by Crippen LogP contribution is 2.29. The zero-order chi connectivity index (χ0) is 18.1. The van der Waals surface area contributed by atoms with Gasteiger partial charge in [-0.05, 0) is 74.8 Å². The van der Waals surface area contributed by atoms with Crippen molar-refractivity contribution in [3.05, 3.63) is 29.8 Å². The Morgan fingerprint density at radius 2 is 1.00 bits per heavy atom. The summed E-state index contributed by atoms with van der Waals surface area (Å²) in [6.07, 6.45) is 0. The third-order valence-electron chi connectivity index (χ3n) is 2.80. The zero-order valence-electron chi connectivity index (χ0n) is 16.5. The second-order valence-corrected chi connectivity index (χ2v) is 11.3. The molecule has 0 heterocycles. The van der Waals surface area contributed by atoms with E-state index < -0.39 is 8.80 Å². The van der Waals surface area contributed by atoms with E-state index in [9.17, 15) is 0 Å². The molecule has 0 aliphatic carbocycles. The van der Waals surface area contributed by atoms with Crippen molar-refractivity contribution in [1.29, 1.82) is 0 Å². The topological polar surface area (TPSA) is 27.7 Å². The lowest BCUT2D eigenvalue weighted by molar-refractivity contribution is -0.0655. The Labute approximate surface area is 143 Å². The fourth-order valence-electron chi connectivity index (χ4n) is 2.35. The Hall–Kier alpha value is -0.683. The van der Waals surface area contributed by atoms with E-state index in [0.29, 0.717) is 0 Å². The first kappa shape index (κ1) is 20.4. The summed E-state index contributed by atoms with van der Waals surface area (Å²) in [5, 5.41) is 1.04. The molecule has 0 N–H and O–H groups in total. The zero-order valence-corrected chi connectivity index (χ0v) is 17.5. The minimum absolute atomic E-state index is 0.370. The van der Waals surface area contributed by atoms with Gasteiger partial charge in [0.2, 0.25) is 0 Å². The Bertz CT molecular complexity index is 478. The van der Waals surface area contributed by atoms with E-state index in [1.165, 1.54) is 0 Å². The molecule has 1 rings (SSSR count). The van der Waals surface area contributed by atoms with Crippen molar-refractivity contribution in [3.8, 4) is 0 Å². The third kappa shape index (κ3) is 6.75. The Morgan fingerprint density at radius 1 is 0.652 bits per heavy atom.